The third-order valence-corrected chi connectivity index (χ3v) is 6.31. The number of rotatable bonds is 7. The molecular weight excluding hydrogens is 484 g/mol. The quantitative estimate of drug-likeness (QED) is 0.389. The molecule has 198 valence electrons. The lowest BCUT2D eigenvalue weighted by molar-refractivity contribution is -0.118. The van der Waals surface area contributed by atoms with Gasteiger partial charge in [0.1, 0.15) is 6.61 Å². The van der Waals surface area contributed by atoms with Crippen LogP contribution in [0.1, 0.15) is 70.7 Å². The Balaban J connectivity index is 0.000000572. The summed E-state index contributed by atoms with van der Waals surface area (Å²) in [5.74, 6) is -0.0186. The molecule has 10 nitrogen and oxygen atoms in total. The normalized spacial score (nSPS) is 13.5. The minimum Gasteiger partial charge on any atom is -0.447 e. The molecule has 0 unspecified atom stereocenters. The monoisotopic (exact) mass is 520 g/mol. The Labute approximate surface area is 215 Å². The molecule has 0 bridgehead atoms. The van der Waals surface area contributed by atoms with Crippen molar-refractivity contribution in [1.82, 2.24) is 4.98 Å². The fourth-order valence-electron chi connectivity index (χ4n) is 3.67. The van der Waals surface area contributed by atoms with Gasteiger partial charge in [0.05, 0.1) is 27.8 Å². The SMILES string of the molecule is CC(C)OC(=O)Nc1ccc(-c2cnc(C3CCCCC3)s2)c(NC(=O)CO)c1.CC(C)OC(N)=O. The molecule has 11 heteroatoms. The minimum absolute atomic E-state index is 0.0995. The van der Waals surface area contributed by atoms with Crippen molar-refractivity contribution < 1.29 is 29.0 Å². The summed E-state index contributed by atoms with van der Waals surface area (Å²) in [6, 6.07) is 5.24. The predicted molar refractivity (Wildman–Crippen MR) is 140 cm³/mol. The average Bonchev–Trinajstić information content (AvgIpc) is 3.29. The number of aliphatic hydroxyl groups is 1. The first kappa shape index (κ1) is 29.1. The molecule has 1 fully saturated rings. The number of aromatic nitrogens is 1. The van der Waals surface area contributed by atoms with E-state index in [-0.39, 0.29) is 12.2 Å². The number of nitrogens with zero attached hydrogens (tertiary/aromatic N) is 1. The maximum atomic E-state index is 11.9. The van der Waals surface area contributed by atoms with E-state index in [1.165, 1.54) is 32.1 Å². The summed E-state index contributed by atoms with van der Waals surface area (Å²) in [4.78, 5) is 39.1. The van der Waals surface area contributed by atoms with Crippen LogP contribution < -0.4 is 16.4 Å². The van der Waals surface area contributed by atoms with Crippen molar-refractivity contribution in [1.29, 1.82) is 0 Å². The van der Waals surface area contributed by atoms with Gasteiger partial charge >= 0.3 is 12.2 Å². The summed E-state index contributed by atoms with van der Waals surface area (Å²) < 4.78 is 9.49. The average molecular weight is 521 g/mol. The number of nitrogens with one attached hydrogen (secondary N) is 2. The van der Waals surface area contributed by atoms with Gasteiger partial charge in [0, 0.05) is 23.4 Å². The molecule has 3 amide bonds. The first-order chi connectivity index (χ1) is 17.1. The Hall–Kier alpha value is -3.18. The Bertz CT molecular complexity index is 1020. The van der Waals surface area contributed by atoms with Crippen LogP contribution in [0.4, 0.5) is 21.0 Å². The van der Waals surface area contributed by atoms with Crippen LogP contribution in [0.2, 0.25) is 0 Å². The highest BCUT2D eigenvalue weighted by Crippen LogP contribution is 2.40. The van der Waals surface area contributed by atoms with Crippen molar-refractivity contribution in [3.63, 3.8) is 0 Å². The van der Waals surface area contributed by atoms with Crippen molar-refractivity contribution in [2.24, 2.45) is 5.73 Å². The van der Waals surface area contributed by atoms with E-state index in [2.05, 4.69) is 26.1 Å². The molecule has 1 aromatic carbocycles. The molecule has 2 aromatic rings. The van der Waals surface area contributed by atoms with E-state index in [0.717, 1.165) is 15.4 Å². The maximum absolute atomic E-state index is 11.9. The molecule has 36 heavy (non-hydrogen) atoms. The number of amides is 3. The van der Waals surface area contributed by atoms with Gasteiger partial charge in [0.2, 0.25) is 5.91 Å². The molecule has 0 spiro atoms. The third-order valence-electron chi connectivity index (χ3n) is 5.12. The molecule has 0 atom stereocenters. The van der Waals surface area contributed by atoms with Crippen molar-refractivity contribution in [2.75, 3.05) is 17.2 Å². The number of carbonyl (C=O) groups excluding carboxylic acids is 3. The number of hydrogen-bond donors (Lipinski definition) is 4. The Morgan fingerprint density at radius 2 is 1.75 bits per heavy atom. The number of aliphatic hydroxyl groups excluding tert-OH is 1. The van der Waals surface area contributed by atoms with Gasteiger partial charge in [0.25, 0.3) is 0 Å². The van der Waals surface area contributed by atoms with Crippen LogP contribution in [0.25, 0.3) is 10.4 Å². The van der Waals surface area contributed by atoms with E-state index < -0.39 is 24.7 Å². The van der Waals surface area contributed by atoms with Crippen LogP contribution in [0.15, 0.2) is 24.4 Å². The zero-order chi connectivity index (χ0) is 26.7. The van der Waals surface area contributed by atoms with Gasteiger partial charge in [-0.15, -0.1) is 11.3 Å². The molecule has 3 rings (SSSR count). The van der Waals surface area contributed by atoms with Gasteiger partial charge in [-0.2, -0.15) is 0 Å². The molecule has 5 N–H and O–H groups in total. The van der Waals surface area contributed by atoms with E-state index in [1.807, 2.05) is 12.3 Å². The lowest BCUT2D eigenvalue weighted by Gasteiger charge is -2.18. The van der Waals surface area contributed by atoms with Crippen LogP contribution in [0.3, 0.4) is 0 Å². The second-order valence-corrected chi connectivity index (χ2v) is 9.99. The highest BCUT2D eigenvalue weighted by molar-refractivity contribution is 7.15. The van der Waals surface area contributed by atoms with Gasteiger partial charge in [-0.25, -0.2) is 14.6 Å². The highest BCUT2D eigenvalue weighted by atomic mass is 32.1. The summed E-state index contributed by atoms with van der Waals surface area (Å²) in [5, 5.41) is 15.6. The third kappa shape index (κ3) is 9.82. The Kier molecular flexibility index (Phi) is 11.6. The van der Waals surface area contributed by atoms with Gasteiger partial charge in [-0.1, -0.05) is 19.3 Å². The Morgan fingerprint density at radius 1 is 1.08 bits per heavy atom. The first-order valence-electron chi connectivity index (χ1n) is 12.0. The molecule has 1 aromatic heterocycles. The zero-order valence-corrected chi connectivity index (χ0v) is 22.0. The molecule has 0 saturated heterocycles. The van der Waals surface area contributed by atoms with Crippen LogP contribution >= 0.6 is 11.3 Å². The van der Waals surface area contributed by atoms with E-state index in [0.29, 0.717) is 17.3 Å². The molecule has 0 aliphatic heterocycles. The van der Waals surface area contributed by atoms with Gasteiger partial charge in [0.15, 0.2) is 0 Å². The second kappa shape index (κ2) is 14.4. The number of hydrogen-bond acceptors (Lipinski definition) is 8. The minimum atomic E-state index is -0.713. The number of primary amides is 1. The molecular formula is C25H36N4O6S. The van der Waals surface area contributed by atoms with Crippen LogP contribution in [-0.2, 0) is 14.3 Å². The Morgan fingerprint density at radius 3 is 2.31 bits per heavy atom. The predicted octanol–water partition coefficient (Wildman–Crippen LogP) is 5.24. The zero-order valence-electron chi connectivity index (χ0n) is 21.2. The molecule has 1 aliphatic rings. The number of thiazole rings is 1. The van der Waals surface area contributed by atoms with Crippen LogP contribution in [0, 0.1) is 0 Å². The summed E-state index contributed by atoms with van der Waals surface area (Å²) in [6.07, 6.45) is 6.33. The fourth-order valence-corrected chi connectivity index (χ4v) is 4.80. The first-order valence-corrected chi connectivity index (χ1v) is 12.8. The molecule has 1 heterocycles. The highest BCUT2D eigenvalue weighted by Gasteiger charge is 2.20. The van der Waals surface area contributed by atoms with E-state index >= 15 is 0 Å². The number of carbonyl (C=O) groups is 3. The molecule has 0 radical (unpaired) electrons. The summed E-state index contributed by atoms with van der Waals surface area (Å²) in [7, 11) is 0. The standard InChI is InChI=1S/C21H27N3O4S.C4H9NO2/c1-13(2)28-21(27)23-15-8-9-16(17(10-15)24-19(26)12-25)18-11-22-20(29-18)14-6-4-3-5-7-14;1-3(2)7-4(5)6/h8-11,13-14,25H,3-7,12H2,1-2H3,(H,23,27)(H,24,26);3H,1-2H3,(H2,5,6). The topological polar surface area (TPSA) is 153 Å². The second-order valence-electron chi connectivity index (χ2n) is 8.93. The maximum Gasteiger partial charge on any atom is 0.411 e. The molecule has 1 saturated carbocycles. The van der Waals surface area contributed by atoms with E-state index in [1.54, 1.807) is 51.2 Å². The van der Waals surface area contributed by atoms with Crippen molar-refractivity contribution in [3.8, 4) is 10.4 Å². The lowest BCUT2D eigenvalue weighted by Crippen LogP contribution is -2.19. The van der Waals surface area contributed by atoms with Gasteiger partial charge in [-0.05, 0) is 58.7 Å². The van der Waals surface area contributed by atoms with Gasteiger partial charge in [-0.3, -0.25) is 10.1 Å². The van der Waals surface area contributed by atoms with E-state index in [9.17, 15) is 14.4 Å². The van der Waals surface area contributed by atoms with Crippen molar-refractivity contribution in [3.05, 3.63) is 29.4 Å². The van der Waals surface area contributed by atoms with Crippen LogP contribution in [-0.4, -0.2) is 47.0 Å². The van der Waals surface area contributed by atoms with Crippen molar-refractivity contribution >= 4 is 40.8 Å². The summed E-state index contributed by atoms with van der Waals surface area (Å²) >= 11 is 1.63. The number of ether oxygens (including phenoxy) is 2. The fraction of sp³-hybridized carbons (Fsp3) is 0.520. The lowest BCUT2D eigenvalue weighted by atomic mass is 9.90. The van der Waals surface area contributed by atoms with Gasteiger partial charge < -0.3 is 25.6 Å². The number of benzene rings is 1. The van der Waals surface area contributed by atoms with Crippen molar-refractivity contribution in [2.45, 2.75) is 77.9 Å². The van der Waals surface area contributed by atoms with Crippen LogP contribution in [0.5, 0.6) is 0 Å². The molecule has 1 aliphatic carbocycles. The summed E-state index contributed by atoms with van der Waals surface area (Å²) in [6.45, 7) is 6.39. The summed E-state index contributed by atoms with van der Waals surface area (Å²) in [5.41, 5.74) is 6.43. The number of nitrogens with two attached hydrogens (primary N) is 1. The number of anilines is 2. The van der Waals surface area contributed by atoms with E-state index in [4.69, 9.17) is 9.84 Å². The largest absolute Gasteiger partial charge is 0.447 e. The smallest absolute Gasteiger partial charge is 0.411 e.